The van der Waals surface area contributed by atoms with Gasteiger partial charge in [-0.05, 0) is 18.8 Å². The second-order valence-electron chi connectivity index (χ2n) is 6.38. The highest BCUT2D eigenvalue weighted by atomic mass is 16.6. The monoisotopic (exact) mass is 263 g/mol. The molecule has 0 N–H and O–H groups in total. The molecule has 2 saturated heterocycles. The maximum atomic E-state index is 12.5. The van der Waals surface area contributed by atoms with Gasteiger partial charge in [-0.25, -0.2) is 0 Å². The van der Waals surface area contributed by atoms with Crippen LogP contribution in [0, 0.1) is 23.7 Å². The quantitative estimate of drug-likeness (QED) is 0.440. The van der Waals surface area contributed by atoms with Gasteiger partial charge in [0.05, 0.1) is 24.0 Å². The Labute approximate surface area is 113 Å². The van der Waals surface area contributed by atoms with E-state index in [2.05, 4.69) is 20.4 Å². The van der Waals surface area contributed by atoms with E-state index in [0.29, 0.717) is 12.5 Å². The first kappa shape index (κ1) is 12.9. The Balaban J connectivity index is 1.86. The number of rotatable bonds is 4. The summed E-state index contributed by atoms with van der Waals surface area (Å²) in [5.41, 5.74) is 0. The highest BCUT2D eigenvalue weighted by molar-refractivity contribution is 6.05. The van der Waals surface area contributed by atoms with E-state index in [1.54, 1.807) is 6.08 Å². The van der Waals surface area contributed by atoms with E-state index in [1.165, 1.54) is 4.90 Å². The molecule has 0 aromatic carbocycles. The number of imide groups is 1. The molecule has 0 spiro atoms. The number of epoxide rings is 1. The molecule has 4 heteroatoms. The van der Waals surface area contributed by atoms with Crippen molar-refractivity contribution in [1.29, 1.82) is 0 Å². The molecule has 1 saturated carbocycles. The third kappa shape index (κ3) is 1.93. The van der Waals surface area contributed by atoms with Crippen molar-refractivity contribution >= 4 is 11.8 Å². The topological polar surface area (TPSA) is 49.9 Å². The largest absolute Gasteiger partial charge is 0.369 e. The lowest BCUT2D eigenvalue weighted by atomic mass is 9.70. The summed E-state index contributed by atoms with van der Waals surface area (Å²) in [7, 11) is 0. The number of likely N-dealkylation sites (tertiary alicyclic amines) is 1. The minimum Gasteiger partial charge on any atom is -0.369 e. The fourth-order valence-corrected chi connectivity index (χ4v) is 3.85. The van der Waals surface area contributed by atoms with E-state index in [9.17, 15) is 9.59 Å². The van der Waals surface area contributed by atoms with E-state index < -0.39 is 0 Å². The summed E-state index contributed by atoms with van der Waals surface area (Å²) in [4.78, 5) is 26.2. The SMILES string of the molecule is C=CCN1C(=O)C2CC3OC3C(CC(C)C)C2C1=O. The Kier molecular flexibility index (Phi) is 3.01. The Morgan fingerprint density at radius 3 is 2.79 bits per heavy atom. The maximum absolute atomic E-state index is 12.5. The second-order valence-corrected chi connectivity index (χ2v) is 6.38. The van der Waals surface area contributed by atoms with Crippen molar-refractivity contribution in [2.24, 2.45) is 23.7 Å². The summed E-state index contributed by atoms with van der Waals surface area (Å²) >= 11 is 0. The van der Waals surface area contributed by atoms with Crippen molar-refractivity contribution in [3.05, 3.63) is 12.7 Å². The van der Waals surface area contributed by atoms with Gasteiger partial charge in [0.1, 0.15) is 0 Å². The van der Waals surface area contributed by atoms with Crippen LogP contribution in [0.2, 0.25) is 0 Å². The van der Waals surface area contributed by atoms with Crippen LogP contribution in [0.5, 0.6) is 0 Å². The number of carbonyl (C=O) groups excluding carboxylic acids is 2. The van der Waals surface area contributed by atoms with E-state index in [1.807, 2.05) is 0 Å². The summed E-state index contributed by atoms with van der Waals surface area (Å²) < 4.78 is 5.68. The predicted octanol–water partition coefficient (Wildman–Crippen LogP) is 1.61. The summed E-state index contributed by atoms with van der Waals surface area (Å²) in [6.45, 7) is 8.29. The Morgan fingerprint density at radius 1 is 1.42 bits per heavy atom. The van der Waals surface area contributed by atoms with Gasteiger partial charge in [0.25, 0.3) is 0 Å². The molecule has 3 fully saturated rings. The van der Waals surface area contributed by atoms with Crippen LogP contribution in [0.3, 0.4) is 0 Å². The molecule has 0 aromatic heterocycles. The average molecular weight is 263 g/mol. The number of hydrogen-bond donors (Lipinski definition) is 0. The van der Waals surface area contributed by atoms with Crippen LogP contribution in [-0.2, 0) is 14.3 Å². The molecule has 2 aliphatic heterocycles. The first-order valence-corrected chi connectivity index (χ1v) is 7.16. The Bertz CT molecular complexity index is 431. The molecule has 1 aliphatic carbocycles. The zero-order chi connectivity index (χ0) is 13.7. The highest BCUT2D eigenvalue weighted by Crippen LogP contribution is 2.52. The second kappa shape index (κ2) is 4.44. The van der Waals surface area contributed by atoms with Crippen molar-refractivity contribution in [1.82, 2.24) is 4.90 Å². The lowest BCUT2D eigenvalue weighted by Gasteiger charge is -2.28. The molecule has 2 heterocycles. The van der Waals surface area contributed by atoms with Crippen molar-refractivity contribution in [2.45, 2.75) is 38.9 Å². The number of nitrogens with zero attached hydrogens (tertiary/aromatic N) is 1. The molecule has 0 radical (unpaired) electrons. The Morgan fingerprint density at radius 2 is 2.16 bits per heavy atom. The molecule has 19 heavy (non-hydrogen) atoms. The van der Waals surface area contributed by atoms with Crippen LogP contribution in [0.25, 0.3) is 0 Å². The van der Waals surface area contributed by atoms with E-state index in [4.69, 9.17) is 4.74 Å². The molecule has 2 amide bonds. The van der Waals surface area contributed by atoms with Gasteiger partial charge >= 0.3 is 0 Å². The number of fused-ring (bicyclic) bond motifs is 2. The molecule has 0 bridgehead atoms. The van der Waals surface area contributed by atoms with Crippen LogP contribution >= 0.6 is 0 Å². The molecule has 3 rings (SSSR count). The number of amides is 2. The van der Waals surface area contributed by atoms with Gasteiger partial charge in [-0.15, -0.1) is 6.58 Å². The minimum atomic E-state index is -0.154. The third-order valence-electron chi connectivity index (χ3n) is 4.61. The van der Waals surface area contributed by atoms with Gasteiger partial charge in [-0.3, -0.25) is 14.5 Å². The molecule has 3 aliphatic rings. The maximum Gasteiger partial charge on any atom is 0.233 e. The molecular weight excluding hydrogens is 242 g/mol. The van der Waals surface area contributed by atoms with Crippen molar-refractivity contribution in [3.63, 3.8) is 0 Å². The number of ether oxygens (including phenoxy) is 1. The van der Waals surface area contributed by atoms with Crippen LogP contribution < -0.4 is 0 Å². The predicted molar refractivity (Wildman–Crippen MR) is 70.1 cm³/mol. The highest BCUT2D eigenvalue weighted by Gasteiger charge is 2.62. The van der Waals surface area contributed by atoms with Crippen molar-refractivity contribution < 1.29 is 14.3 Å². The van der Waals surface area contributed by atoms with Gasteiger partial charge < -0.3 is 4.74 Å². The van der Waals surface area contributed by atoms with Crippen LogP contribution in [0.1, 0.15) is 26.7 Å². The zero-order valence-corrected chi connectivity index (χ0v) is 11.5. The van der Waals surface area contributed by atoms with Gasteiger partial charge in [-0.2, -0.15) is 0 Å². The fraction of sp³-hybridized carbons (Fsp3) is 0.733. The summed E-state index contributed by atoms with van der Waals surface area (Å²) in [5, 5.41) is 0. The number of carbonyl (C=O) groups is 2. The molecule has 5 atom stereocenters. The normalized spacial score (nSPS) is 40.4. The average Bonchev–Trinajstić information content (AvgIpc) is 3.08. The van der Waals surface area contributed by atoms with Crippen LogP contribution in [0.15, 0.2) is 12.7 Å². The summed E-state index contributed by atoms with van der Waals surface area (Å²) in [5.74, 6) is 0.408. The van der Waals surface area contributed by atoms with Crippen LogP contribution in [0.4, 0.5) is 0 Å². The van der Waals surface area contributed by atoms with E-state index in [0.717, 1.165) is 12.8 Å². The lowest BCUT2D eigenvalue weighted by molar-refractivity contribution is -0.139. The van der Waals surface area contributed by atoms with Gasteiger partial charge in [0, 0.05) is 12.5 Å². The lowest BCUT2D eigenvalue weighted by Crippen LogP contribution is -2.37. The molecule has 104 valence electrons. The van der Waals surface area contributed by atoms with Crippen LogP contribution in [-0.4, -0.2) is 35.5 Å². The van der Waals surface area contributed by atoms with Gasteiger partial charge in [0.15, 0.2) is 0 Å². The summed E-state index contributed by atoms with van der Waals surface area (Å²) in [6, 6.07) is 0. The summed E-state index contributed by atoms with van der Waals surface area (Å²) in [6.07, 6.45) is 3.74. The first-order valence-electron chi connectivity index (χ1n) is 7.16. The first-order chi connectivity index (χ1) is 9.04. The third-order valence-corrected chi connectivity index (χ3v) is 4.61. The van der Waals surface area contributed by atoms with Crippen molar-refractivity contribution in [2.75, 3.05) is 6.54 Å². The van der Waals surface area contributed by atoms with Crippen molar-refractivity contribution in [3.8, 4) is 0 Å². The van der Waals surface area contributed by atoms with E-state index in [-0.39, 0.29) is 41.8 Å². The smallest absolute Gasteiger partial charge is 0.233 e. The molecule has 5 unspecified atom stereocenters. The molecule has 0 aromatic rings. The fourth-order valence-electron chi connectivity index (χ4n) is 3.85. The zero-order valence-electron chi connectivity index (χ0n) is 11.5. The molecular formula is C15H21NO3. The standard InChI is InChI=1S/C15H21NO3/c1-4-5-16-14(17)10-7-11-13(19-11)9(6-8(2)3)12(10)15(16)18/h4,8-13H,1,5-7H2,2-3H3. The van der Waals surface area contributed by atoms with Gasteiger partial charge in [0.2, 0.25) is 11.8 Å². The molecule has 4 nitrogen and oxygen atoms in total. The van der Waals surface area contributed by atoms with E-state index >= 15 is 0 Å². The minimum absolute atomic E-state index is 0.00509. The number of hydrogen-bond acceptors (Lipinski definition) is 3. The van der Waals surface area contributed by atoms with Gasteiger partial charge in [-0.1, -0.05) is 19.9 Å². The Hall–Kier alpha value is -1.16.